The van der Waals surface area contributed by atoms with Crippen molar-refractivity contribution in [1.29, 1.82) is 0 Å². The number of aryl methyl sites for hydroxylation is 1. The molecule has 0 amide bonds. The average Bonchev–Trinajstić information content (AvgIpc) is 3.25. The van der Waals surface area contributed by atoms with Gasteiger partial charge in [0.2, 0.25) is 5.89 Å². The Kier molecular flexibility index (Phi) is 5.12. The van der Waals surface area contributed by atoms with Crippen LogP contribution >= 0.6 is 11.3 Å². The highest BCUT2D eigenvalue weighted by Gasteiger charge is 2.29. The normalized spacial score (nSPS) is 24.0. The Morgan fingerprint density at radius 2 is 2.12 bits per heavy atom. The predicted octanol–water partition coefficient (Wildman–Crippen LogP) is 1.79. The molecule has 0 radical (unpaired) electrons. The molecule has 2 aliphatic rings. The summed E-state index contributed by atoms with van der Waals surface area (Å²) in [5.74, 6) is 2.03. The number of piperidine rings is 1. The van der Waals surface area contributed by atoms with E-state index in [0.29, 0.717) is 5.92 Å². The van der Waals surface area contributed by atoms with Crippen molar-refractivity contribution in [2.24, 2.45) is 0 Å². The Morgan fingerprint density at radius 1 is 1.28 bits per heavy atom. The number of aromatic nitrogens is 3. The van der Waals surface area contributed by atoms with Gasteiger partial charge < -0.3 is 9.84 Å². The third-order valence-electron chi connectivity index (χ3n) is 5.26. The first-order valence-electron chi connectivity index (χ1n) is 9.07. The third-order valence-corrected chi connectivity index (χ3v) is 6.08. The van der Waals surface area contributed by atoms with E-state index < -0.39 is 0 Å². The van der Waals surface area contributed by atoms with E-state index in [4.69, 9.17) is 9.51 Å². The van der Waals surface area contributed by atoms with Crippen LogP contribution in [0.15, 0.2) is 9.90 Å². The molecule has 0 aliphatic carbocycles. The first-order valence-corrected chi connectivity index (χ1v) is 9.95. The summed E-state index contributed by atoms with van der Waals surface area (Å²) in [5, 5.41) is 11.0. The minimum Gasteiger partial charge on any atom is -0.339 e. The third kappa shape index (κ3) is 3.92. The summed E-state index contributed by atoms with van der Waals surface area (Å²) in [6.07, 6.45) is 2.15. The zero-order valence-corrected chi connectivity index (χ0v) is 15.8. The number of hydrogen-bond acceptors (Lipinski definition) is 8. The summed E-state index contributed by atoms with van der Waals surface area (Å²) in [5.41, 5.74) is 1.19. The fourth-order valence-corrected chi connectivity index (χ4v) is 4.29. The molecule has 2 aliphatic heterocycles. The summed E-state index contributed by atoms with van der Waals surface area (Å²) in [6, 6.07) is 0.222. The van der Waals surface area contributed by atoms with Gasteiger partial charge in [-0.2, -0.15) is 4.98 Å². The molecule has 2 aromatic heterocycles. The van der Waals surface area contributed by atoms with Crippen LogP contribution < -0.4 is 5.32 Å². The van der Waals surface area contributed by atoms with Gasteiger partial charge in [0.1, 0.15) is 0 Å². The van der Waals surface area contributed by atoms with Crippen LogP contribution in [-0.4, -0.2) is 64.7 Å². The van der Waals surface area contributed by atoms with E-state index in [2.05, 4.69) is 44.6 Å². The number of nitrogens with zero attached hydrogens (tertiary/aromatic N) is 5. The van der Waals surface area contributed by atoms with E-state index in [1.807, 2.05) is 0 Å². The van der Waals surface area contributed by atoms with Crippen LogP contribution in [0.3, 0.4) is 0 Å². The first-order chi connectivity index (χ1) is 12.2. The minimum atomic E-state index is 0.222. The maximum Gasteiger partial charge on any atom is 0.229 e. The van der Waals surface area contributed by atoms with Crippen LogP contribution in [0.4, 0.5) is 0 Å². The molecule has 2 saturated heterocycles. The van der Waals surface area contributed by atoms with Crippen molar-refractivity contribution in [3.05, 3.63) is 27.8 Å². The SMILES string of the molecule is Cc1nc(CN2CCC(c3nc(C4CNCCN4C)no3)CC2)cs1. The Labute approximate surface area is 152 Å². The van der Waals surface area contributed by atoms with Crippen molar-refractivity contribution in [3.8, 4) is 0 Å². The highest BCUT2D eigenvalue weighted by molar-refractivity contribution is 7.09. The highest BCUT2D eigenvalue weighted by Crippen LogP contribution is 2.29. The molecule has 1 atom stereocenters. The molecule has 25 heavy (non-hydrogen) atoms. The first kappa shape index (κ1) is 17.1. The van der Waals surface area contributed by atoms with E-state index in [9.17, 15) is 0 Å². The molecule has 1 N–H and O–H groups in total. The predicted molar refractivity (Wildman–Crippen MR) is 96.6 cm³/mol. The lowest BCUT2D eigenvalue weighted by molar-refractivity contribution is 0.183. The van der Waals surface area contributed by atoms with Crippen LogP contribution in [0, 0.1) is 6.92 Å². The molecule has 4 rings (SSSR count). The highest BCUT2D eigenvalue weighted by atomic mass is 32.1. The van der Waals surface area contributed by atoms with Gasteiger partial charge in [-0.3, -0.25) is 9.80 Å². The molecule has 0 aromatic carbocycles. The van der Waals surface area contributed by atoms with Crippen LogP contribution in [0.25, 0.3) is 0 Å². The summed E-state index contributed by atoms with van der Waals surface area (Å²) in [6.45, 7) is 8.06. The number of likely N-dealkylation sites (N-methyl/N-ethyl adjacent to an activating group) is 1. The van der Waals surface area contributed by atoms with Crippen molar-refractivity contribution in [2.75, 3.05) is 39.8 Å². The van der Waals surface area contributed by atoms with Crippen molar-refractivity contribution in [3.63, 3.8) is 0 Å². The van der Waals surface area contributed by atoms with Gasteiger partial charge in [0.15, 0.2) is 5.82 Å². The largest absolute Gasteiger partial charge is 0.339 e. The Morgan fingerprint density at radius 3 is 2.84 bits per heavy atom. The van der Waals surface area contributed by atoms with Gasteiger partial charge in [0, 0.05) is 37.5 Å². The maximum atomic E-state index is 5.62. The van der Waals surface area contributed by atoms with Crippen LogP contribution in [-0.2, 0) is 6.54 Å². The van der Waals surface area contributed by atoms with Gasteiger partial charge in [0.25, 0.3) is 0 Å². The average molecular weight is 363 g/mol. The van der Waals surface area contributed by atoms with E-state index in [1.165, 1.54) is 5.69 Å². The number of thiazole rings is 1. The second-order valence-electron chi connectivity index (χ2n) is 7.10. The molecule has 2 fully saturated rings. The molecule has 0 spiro atoms. The Bertz CT molecular complexity index is 693. The van der Waals surface area contributed by atoms with Crippen molar-refractivity contribution in [2.45, 2.75) is 38.3 Å². The standard InChI is InChI=1S/C17H26N6OS/c1-12-19-14(11-25-12)10-23-6-3-13(4-7-23)17-20-16(21-24-17)15-9-18-5-8-22(15)2/h11,13,15,18H,3-10H2,1-2H3. The number of rotatable bonds is 4. The van der Waals surface area contributed by atoms with Gasteiger partial charge in [-0.15, -0.1) is 11.3 Å². The molecule has 136 valence electrons. The molecule has 8 heteroatoms. The van der Waals surface area contributed by atoms with E-state index in [1.54, 1.807) is 11.3 Å². The molecular formula is C17H26N6OS. The van der Waals surface area contributed by atoms with Crippen LogP contribution in [0.1, 0.15) is 47.2 Å². The molecular weight excluding hydrogens is 336 g/mol. The fraction of sp³-hybridized carbons (Fsp3) is 0.706. The second kappa shape index (κ2) is 7.49. The van der Waals surface area contributed by atoms with E-state index in [0.717, 1.165) is 68.8 Å². The molecule has 0 bridgehead atoms. The Hall–Kier alpha value is -1.35. The maximum absolute atomic E-state index is 5.62. The lowest BCUT2D eigenvalue weighted by atomic mass is 9.96. The molecule has 7 nitrogen and oxygen atoms in total. The molecule has 4 heterocycles. The summed E-state index contributed by atoms with van der Waals surface area (Å²) in [7, 11) is 2.13. The van der Waals surface area contributed by atoms with Gasteiger partial charge in [-0.1, -0.05) is 5.16 Å². The van der Waals surface area contributed by atoms with Crippen LogP contribution in [0.5, 0.6) is 0 Å². The number of piperazine rings is 1. The second-order valence-corrected chi connectivity index (χ2v) is 8.16. The van der Waals surface area contributed by atoms with E-state index in [-0.39, 0.29) is 6.04 Å². The molecule has 1 unspecified atom stereocenters. The number of nitrogens with one attached hydrogen (secondary N) is 1. The zero-order valence-electron chi connectivity index (χ0n) is 14.9. The molecule has 0 saturated carbocycles. The lowest BCUT2D eigenvalue weighted by Crippen LogP contribution is -2.44. The van der Waals surface area contributed by atoms with Crippen molar-refractivity contribution >= 4 is 11.3 Å². The summed E-state index contributed by atoms with van der Waals surface area (Å²) < 4.78 is 5.62. The minimum absolute atomic E-state index is 0.222. The smallest absolute Gasteiger partial charge is 0.229 e. The molecule has 2 aromatic rings. The zero-order chi connectivity index (χ0) is 17.2. The van der Waals surface area contributed by atoms with Gasteiger partial charge in [-0.25, -0.2) is 4.98 Å². The van der Waals surface area contributed by atoms with Gasteiger partial charge in [0.05, 0.1) is 16.7 Å². The quantitative estimate of drug-likeness (QED) is 0.889. The fourth-order valence-electron chi connectivity index (χ4n) is 3.69. The van der Waals surface area contributed by atoms with Crippen molar-refractivity contribution in [1.82, 2.24) is 30.2 Å². The number of hydrogen-bond donors (Lipinski definition) is 1. The topological polar surface area (TPSA) is 70.3 Å². The number of likely N-dealkylation sites (tertiary alicyclic amines) is 1. The lowest BCUT2D eigenvalue weighted by Gasteiger charge is -2.30. The van der Waals surface area contributed by atoms with Crippen LogP contribution in [0.2, 0.25) is 0 Å². The summed E-state index contributed by atoms with van der Waals surface area (Å²) in [4.78, 5) is 14.1. The van der Waals surface area contributed by atoms with E-state index >= 15 is 0 Å². The van der Waals surface area contributed by atoms with Gasteiger partial charge >= 0.3 is 0 Å². The van der Waals surface area contributed by atoms with Gasteiger partial charge in [-0.05, 0) is 39.9 Å². The van der Waals surface area contributed by atoms with Crippen molar-refractivity contribution < 1.29 is 4.52 Å². The monoisotopic (exact) mass is 362 g/mol. The summed E-state index contributed by atoms with van der Waals surface area (Å²) >= 11 is 1.73. The Balaban J connectivity index is 1.33.